The Morgan fingerprint density at radius 3 is 2.16 bits per heavy atom. The zero-order chi connectivity index (χ0) is 14.2. The van der Waals surface area contributed by atoms with Crippen molar-refractivity contribution in [2.45, 2.75) is 13.8 Å². The molecule has 0 spiro atoms. The van der Waals surface area contributed by atoms with Crippen LogP contribution in [0.1, 0.15) is 36.7 Å². The van der Waals surface area contributed by atoms with Gasteiger partial charge in [-0.1, -0.05) is 12.1 Å². The Morgan fingerprint density at radius 2 is 1.68 bits per heavy atom. The molecule has 5 heteroatoms. The SMILES string of the molecule is Cc1ccc(C)c(C(=O)c2sccc2Br)c1C(=O)O. The fourth-order valence-corrected chi connectivity index (χ4v) is 3.45. The molecule has 1 aromatic heterocycles. The number of benzene rings is 1. The predicted octanol–water partition coefficient (Wildman–Crippen LogP) is 4.06. The topological polar surface area (TPSA) is 54.4 Å². The van der Waals surface area contributed by atoms with Gasteiger partial charge in [0, 0.05) is 10.0 Å². The number of carbonyl (C=O) groups excluding carboxylic acids is 1. The van der Waals surface area contributed by atoms with Crippen molar-refractivity contribution in [1.29, 1.82) is 0 Å². The van der Waals surface area contributed by atoms with Gasteiger partial charge in [0.25, 0.3) is 0 Å². The normalized spacial score (nSPS) is 10.5. The third-order valence-corrected chi connectivity index (χ3v) is 4.72. The maximum Gasteiger partial charge on any atom is 0.336 e. The van der Waals surface area contributed by atoms with Gasteiger partial charge in [0.15, 0.2) is 0 Å². The molecule has 0 saturated heterocycles. The van der Waals surface area contributed by atoms with Crippen LogP contribution < -0.4 is 0 Å². The van der Waals surface area contributed by atoms with Crippen LogP contribution in [0.15, 0.2) is 28.1 Å². The first-order chi connectivity index (χ1) is 8.93. The standard InChI is InChI=1S/C14H11BrO3S/c1-7-3-4-8(2)11(14(17)18)10(7)12(16)13-9(15)5-6-19-13/h3-6H,1-2H3,(H,17,18). The van der Waals surface area contributed by atoms with E-state index in [1.807, 2.05) is 0 Å². The highest BCUT2D eigenvalue weighted by molar-refractivity contribution is 9.10. The lowest BCUT2D eigenvalue weighted by Crippen LogP contribution is -2.13. The van der Waals surface area contributed by atoms with Crippen molar-refractivity contribution in [1.82, 2.24) is 0 Å². The Bertz CT molecular complexity index is 673. The molecule has 0 fully saturated rings. The summed E-state index contributed by atoms with van der Waals surface area (Å²) >= 11 is 4.61. The van der Waals surface area contributed by atoms with Crippen LogP contribution in [0.2, 0.25) is 0 Å². The molecule has 3 nitrogen and oxygen atoms in total. The Hall–Kier alpha value is -1.46. The number of halogens is 1. The summed E-state index contributed by atoms with van der Waals surface area (Å²) in [6.07, 6.45) is 0. The minimum atomic E-state index is -1.07. The summed E-state index contributed by atoms with van der Waals surface area (Å²) in [6, 6.07) is 5.28. The Morgan fingerprint density at radius 1 is 1.11 bits per heavy atom. The van der Waals surface area contributed by atoms with Crippen LogP contribution in [0, 0.1) is 13.8 Å². The van der Waals surface area contributed by atoms with Gasteiger partial charge in [0.1, 0.15) is 0 Å². The van der Waals surface area contributed by atoms with E-state index in [0.717, 1.165) is 0 Å². The van der Waals surface area contributed by atoms with Crippen LogP contribution in [0.25, 0.3) is 0 Å². The summed E-state index contributed by atoms with van der Waals surface area (Å²) in [5, 5.41) is 11.1. The summed E-state index contributed by atoms with van der Waals surface area (Å²) in [4.78, 5) is 24.5. The molecule has 0 aliphatic rings. The largest absolute Gasteiger partial charge is 0.478 e. The van der Waals surface area contributed by atoms with E-state index < -0.39 is 5.97 Å². The molecule has 1 aromatic carbocycles. The molecule has 19 heavy (non-hydrogen) atoms. The van der Waals surface area contributed by atoms with E-state index in [-0.39, 0.29) is 16.9 Å². The number of hydrogen-bond donors (Lipinski definition) is 1. The van der Waals surface area contributed by atoms with Crippen LogP contribution in [-0.2, 0) is 0 Å². The molecule has 0 bridgehead atoms. The third kappa shape index (κ3) is 2.48. The maximum absolute atomic E-state index is 12.5. The molecular formula is C14H11BrO3S. The van der Waals surface area contributed by atoms with Crippen molar-refractivity contribution < 1.29 is 14.7 Å². The molecule has 0 amide bonds. The van der Waals surface area contributed by atoms with E-state index in [2.05, 4.69) is 15.9 Å². The van der Waals surface area contributed by atoms with Crippen LogP contribution in [0.5, 0.6) is 0 Å². The van der Waals surface area contributed by atoms with Crippen molar-refractivity contribution in [2.75, 3.05) is 0 Å². The molecule has 0 unspecified atom stereocenters. The lowest BCUT2D eigenvalue weighted by Gasteiger charge is -2.11. The van der Waals surface area contributed by atoms with Crippen molar-refractivity contribution in [2.24, 2.45) is 0 Å². The van der Waals surface area contributed by atoms with Gasteiger partial charge in [-0.2, -0.15) is 0 Å². The minimum Gasteiger partial charge on any atom is -0.478 e. The number of carbonyl (C=O) groups is 2. The van der Waals surface area contributed by atoms with Gasteiger partial charge >= 0.3 is 5.97 Å². The highest BCUT2D eigenvalue weighted by Crippen LogP contribution is 2.29. The summed E-state index contributed by atoms with van der Waals surface area (Å²) in [5.74, 6) is -1.32. The number of ketones is 1. The van der Waals surface area contributed by atoms with Gasteiger partial charge in [0.05, 0.1) is 10.4 Å². The van der Waals surface area contributed by atoms with Crippen molar-refractivity contribution in [3.05, 3.63) is 55.2 Å². The first-order valence-electron chi connectivity index (χ1n) is 5.54. The highest BCUT2D eigenvalue weighted by atomic mass is 79.9. The monoisotopic (exact) mass is 338 g/mol. The molecule has 0 atom stereocenters. The first-order valence-corrected chi connectivity index (χ1v) is 7.22. The lowest BCUT2D eigenvalue weighted by atomic mass is 9.93. The molecule has 0 aliphatic carbocycles. The second-order valence-electron chi connectivity index (χ2n) is 4.18. The average Bonchev–Trinajstić information content (AvgIpc) is 2.76. The van der Waals surface area contributed by atoms with Crippen LogP contribution >= 0.6 is 27.3 Å². The summed E-state index contributed by atoms with van der Waals surface area (Å²) in [6.45, 7) is 3.45. The van der Waals surface area contributed by atoms with Crippen LogP contribution in [0.3, 0.4) is 0 Å². The maximum atomic E-state index is 12.5. The van der Waals surface area contributed by atoms with Crippen LogP contribution in [-0.4, -0.2) is 16.9 Å². The summed E-state index contributed by atoms with van der Waals surface area (Å²) in [7, 11) is 0. The zero-order valence-corrected chi connectivity index (χ0v) is 12.8. The Kier molecular flexibility index (Phi) is 3.87. The molecule has 0 aliphatic heterocycles. The van der Waals surface area contributed by atoms with Gasteiger partial charge in [-0.25, -0.2) is 4.79 Å². The molecule has 0 radical (unpaired) electrons. The number of rotatable bonds is 3. The van der Waals surface area contributed by atoms with Gasteiger partial charge < -0.3 is 5.11 Å². The van der Waals surface area contributed by atoms with E-state index >= 15 is 0 Å². The molecule has 1 heterocycles. The number of aryl methyl sites for hydroxylation is 2. The number of hydrogen-bond acceptors (Lipinski definition) is 3. The van der Waals surface area contributed by atoms with Crippen LogP contribution in [0.4, 0.5) is 0 Å². The zero-order valence-electron chi connectivity index (χ0n) is 10.4. The molecule has 2 aromatic rings. The van der Waals surface area contributed by atoms with Gasteiger partial charge in [-0.3, -0.25) is 4.79 Å². The second kappa shape index (κ2) is 5.27. The van der Waals surface area contributed by atoms with E-state index in [4.69, 9.17) is 0 Å². The highest BCUT2D eigenvalue weighted by Gasteiger charge is 2.24. The number of aromatic carboxylic acids is 1. The van der Waals surface area contributed by atoms with Crippen molar-refractivity contribution >= 4 is 39.0 Å². The van der Waals surface area contributed by atoms with Gasteiger partial charge in [0.2, 0.25) is 5.78 Å². The van der Waals surface area contributed by atoms with Crippen molar-refractivity contribution in [3.63, 3.8) is 0 Å². The summed E-state index contributed by atoms with van der Waals surface area (Å²) in [5.41, 5.74) is 1.63. The van der Waals surface area contributed by atoms with E-state index in [0.29, 0.717) is 20.5 Å². The van der Waals surface area contributed by atoms with Crippen molar-refractivity contribution in [3.8, 4) is 0 Å². The second-order valence-corrected chi connectivity index (χ2v) is 5.95. The third-order valence-electron chi connectivity index (χ3n) is 2.89. The Balaban J connectivity index is 2.69. The van der Waals surface area contributed by atoms with E-state index in [1.54, 1.807) is 37.4 Å². The fourth-order valence-electron chi connectivity index (χ4n) is 1.95. The molecule has 0 saturated carbocycles. The number of carboxylic acid groups (broad SMARTS) is 1. The molecule has 1 N–H and O–H groups in total. The van der Waals surface area contributed by atoms with E-state index in [1.165, 1.54) is 11.3 Å². The van der Waals surface area contributed by atoms with E-state index in [9.17, 15) is 14.7 Å². The predicted molar refractivity (Wildman–Crippen MR) is 78.3 cm³/mol. The Labute approximate surface area is 123 Å². The summed E-state index contributed by atoms with van der Waals surface area (Å²) < 4.78 is 0.694. The quantitative estimate of drug-likeness (QED) is 0.858. The lowest BCUT2D eigenvalue weighted by molar-refractivity contribution is 0.0692. The first kappa shape index (κ1) is 14.0. The number of thiophene rings is 1. The molecular weight excluding hydrogens is 328 g/mol. The average molecular weight is 339 g/mol. The minimum absolute atomic E-state index is 0.0882. The smallest absolute Gasteiger partial charge is 0.336 e. The molecule has 2 rings (SSSR count). The van der Waals surface area contributed by atoms with Gasteiger partial charge in [-0.05, 0) is 52.4 Å². The number of carboxylic acids is 1. The van der Waals surface area contributed by atoms with Gasteiger partial charge in [-0.15, -0.1) is 11.3 Å². The fraction of sp³-hybridized carbons (Fsp3) is 0.143. The molecule has 98 valence electrons.